The number of nitrogens with zero attached hydrogens (tertiary/aromatic N) is 1. The Labute approximate surface area is 118 Å². The van der Waals surface area contributed by atoms with E-state index in [1.54, 1.807) is 0 Å². The highest BCUT2D eigenvalue weighted by Gasteiger charge is 2.28. The zero-order valence-electron chi connectivity index (χ0n) is 13.0. The first-order valence-electron chi connectivity index (χ1n) is 7.68. The van der Waals surface area contributed by atoms with Crippen molar-refractivity contribution >= 4 is 5.91 Å². The molecule has 1 fully saturated rings. The van der Waals surface area contributed by atoms with Crippen LogP contribution in [0.5, 0.6) is 0 Å². The van der Waals surface area contributed by atoms with Gasteiger partial charge in [0.05, 0.1) is 5.54 Å². The van der Waals surface area contributed by atoms with Gasteiger partial charge >= 0.3 is 0 Å². The highest BCUT2D eigenvalue weighted by molar-refractivity contribution is 5.85. The van der Waals surface area contributed by atoms with Crippen molar-refractivity contribution in [2.24, 2.45) is 11.7 Å². The summed E-state index contributed by atoms with van der Waals surface area (Å²) in [5.41, 5.74) is 5.32. The Morgan fingerprint density at radius 1 is 1.53 bits per heavy atom. The third-order valence-corrected chi connectivity index (χ3v) is 4.12. The summed E-state index contributed by atoms with van der Waals surface area (Å²) < 4.78 is 0. The van der Waals surface area contributed by atoms with Gasteiger partial charge in [0, 0.05) is 19.1 Å². The molecule has 1 aliphatic rings. The van der Waals surface area contributed by atoms with Crippen molar-refractivity contribution in [1.82, 2.24) is 10.2 Å². The summed E-state index contributed by atoms with van der Waals surface area (Å²) in [5.74, 6) is 0.563. The predicted molar refractivity (Wildman–Crippen MR) is 79.9 cm³/mol. The molecule has 4 heteroatoms. The SMILES string of the molecule is CCCC(C)(N)C(=O)NCC1CCCN(C(C)C)C1. The average molecular weight is 269 g/mol. The van der Waals surface area contributed by atoms with Gasteiger partial charge in [0.2, 0.25) is 5.91 Å². The fraction of sp³-hybridized carbons (Fsp3) is 0.933. The van der Waals surface area contributed by atoms with E-state index in [0.717, 1.165) is 25.9 Å². The number of likely N-dealkylation sites (tertiary alicyclic amines) is 1. The molecule has 3 N–H and O–H groups in total. The maximum atomic E-state index is 12.1. The smallest absolute Gasteiger partial charge is 0.239 e. The Balaban J connectivity index is 2.38. The van der Waals surface area contributed by atoms with Crippen molar-refractivity contribution in [3.05, 3.63) is 0 Å². The minimum Gasteiger partial charge on any atom is -0.354 e. The Morgan fingerprint density at radius 2 is 2.21 bits per heavy atom. The number of hydrogen-bond acceptors (Lipinski definition) is 3. The number of nitrogens with two attached hydrogens (primary N) is 1. The number of hydrogen-bond donors (Lipinski definition) is 2. The molecule has 1 amide bonds. The molecule has 0 aromatic heterocycles. The molecule has 112 valence electrons. The van der Waals surface area contributed by atoms with E-state index in [9.17, 15) is 4.79 Å². The molecule has 1 aliphatic heterocycles. The lowest BCUT2D eigenvalue weighted by molar-refractivity contribution is -0.126. The van der Waals surface area contributed by atoms with Gasteiger partial charge in [0.1, 0.15) is 0 Å². The van der Waals surface area contributed by atoms with Crippen LogP contribution in [0.15, 0.2) is 0 Å². The van der Waals surface area contributed by atoms with Crippen LogP contribution in [0.1, 0.15) is 53.4 Å². The van der Waals surface area contributed by atoms with E-state index in [1.165, 1.54) is 19.4 Å². The summed E-state index contributed by atoms with van der Waals surface area (Å²) in [5, 5.41) is 3.05. The number of carbonyl (C=O) groups excluding carboxylic acids is 1. The Kier molecular flexibility index (Phi) is 6.27. The average Bonchev–Trinajstić information content (AvgIpc) is 2.36. The van der Waals surface area contributed by atoms with Crippen LogP contribution < -0.4 is 11.1 Å². The van der Waals surface area contributed by atoms with Crippen molar-refractivity contribution in [3.63, 3.8) is 0 Å². The normalized spacial score (nSPS) is 24.2. The van der Waals surface area contributed by atoms with Gasteiger partial charge in [-0.1, -0.05) is 13.3 Å². The summed E-state index contributed by atoms with van der Waals surface area (Å²) in [7, 11) is 0. The van der Waals surface area contributed by atoms with Crippen molar-refractivity contribution in [1.29, 1.82) is 0 Å². The summed E-state index contributed by atoms with van der Waals surface area (Å²) in [6.45, 7) is 11.4. The molecule has 19 heavy (non-hydrogen) atoms. The molecule has 0 radical (unpaired) electrons. The topological polar surface area (TPSA) is 58.4 Å². The van der Waals surface area contributed by atoms with E-state index in [1.807, 2.05) is 6.92 Å². The molecule has 4 nitrogen and oxygen atoms in total. The van der Waals surface area contributed by atoms with Gasteiger partial charge in [0.15, 0.2) is 0 Å². The van der Waals surface area contributed by atoms with E-state index in [0.29, 0.717) is 12.0 Å². The number of nitrogens with one attached hydrogen (secondary N) is 1. The first kappa shape index (κ1) is 16.4. The second-order valence-corrected chi connectivity index (χ2v) is 6.47. The van der Waals surface area contributed by atoms with Crippen LogP contribution >= 0.6 is 0 Å². The van der Waals surface area contributed by atoms with Gasteiger partial charge in [-0.05, 0) is 52.5 Å². The highest BCUT2D eigenvalue weighted by atomic mass is 16.2. The van der Waals surface area contributed by atoms with E-state index in [2.05, 4.69) is 31.0 Å². The van der Waals surface area contributed by atoms with Crippen molar-refractivity contribution in [3.8, 4) is 0 Å². The molecule has 0 aromatic rings. The molecule has 1 heterocycles. The summed E-state index contributed by atoms with van der Waals surface area (Å²) in [4.78, 5) is 14.6. The van der Waals surface area contributed by atoms with Gasteiger partial charge in [-0.25, -0.2) is 0 Å². The number of rotatable bonds is 6. The summed E-state index contributed by atoms with van der Waals surface area (Å²) >= 11 is 0. The molecule has 0 aromatic carbocycles. The molecule has 0 bridgehead atoms. The standard InChI is InChI=1S/C15H31N3O/c1-5-8-15(4,16)14(19)17-10-13-7-6-9-18(11-13)12(2)3/h12-13H,5-11,16H2,1-4H3,(H,17,19). The van der Waals surface area contributed by atoms with Gasteiger partial charge in [0.25, 0.3) is 0 Å². The maximum absolute atomic E-state index is 12.1. The van der Waals surface area contributed by atoms with Gasteiger partial charge in [-0.15, -0.1) is 0 Å². The molecule has 2 unspecified atom stereocenters. The van der Waals surface area contributed by atoms with Crippen molar-refractivity contribution < 1.29 is 4.79 Å². The number of amides is 1. The van der Waals surface area contributed by atoms with Gasteiger partial charge in [-0.3, -0.25) is 4.79 Å². The van der Waals surface area contributed by atoms with E-state index in [4.69, 9.17) is 5.73 Å². The van der Waals surface area contributed by atoms with Crippen LogP contribution in [-0.4, -0.2) is 42.0 Å². The zero-order chi connectivity index (χ0) is 14.5. The lowest BCUT2D eigenvalue weighted by Crippen LogP contribution is -2.53. The van der Waals surface area contributed by atoms with Crippen molar-refractivity contribution in [2.75, 3.05) is 19.6 Å². The maximum Gasteiger partial charge on any atom is 0.239 e. The summed E-state index contributed by atoms with van der Waals surface area (Å²) in [6, 6.07) is 0.596. The second-order valence-electron chi connectivity index (χ2n) is 6.47. The third-order valence-electron chi connectivity index (χ3n) is 4.12. The molecule has 1 rings (SSSR count). The van der Waals surface area contributed by atoms with Crippen LogP contribution in [-0.2, 0) is 4.79 Å². The Bertz CT molecular complexity index is 289. The lowest BCUT2D eigenvalue weighted by atomic mass is 9.94. The Morgan fingerprint density at radius 3 is 2.79 bits per heavy atom. The van der Waals surface area contributed by atoms with Crippen molar-refractivity contribution in [2.45, 2.75) is 65.0 Å². The van der Waals surface area contributed by atoms with E-state index >= 15 is 0 Å². The molecule has 0 spiro atoms. The summed E-state index contributed by atoms with van der Waals surface area (Å²) in [6.07, 6.45) is 4.11. The minimum absolute atomic E-state index is 0.00368. The van der Waals surface area contributed by atoms with Gasteiger partial charge < -0.3 is 16.0 Å². The zero-order valence-corrected chi connectivity index (χ0v) is 13.0. The molecule has 0 aliphatic carbocycles. The fourth-order valence-electron chi connectivity index (χ4n) is 2.80. The van der Waals surface area contributed by atoms with Crippen LogP contribution in [0.2, 0.25) is 0 Å². The van der Waals surface area contributed by atoms with Crippen LogP contribution in [0.3, 0.4) is 0 Å². The van der Waals surface area contributed by atoms with Gasteiger partial charge in [-0.2, -0.15) is 0 Å². The number of piperidine rings is 1. The fourth-order valence-corrected chi connectivity index (χ4v) is 2.80. The van der Waals surface area contributed by atoms with Crippen LogP contribution in [0, 0.1) is 5.92 Å². The molecule has 1 saturated heterocycles. The Hall–Kier alpha value is -0.610. The monoisotopic (exact) mass is 269 g/mol. The third kappa shape index (κ3) is 5.11. The first-order valence-corrected chi connectivity index (χ1v) is 7.68. The largest absolute Gasteiger partial charge is 0.354 e. The molecular weight excluding hydrogens is 238 g/mol. The quantitative estimate of drug-likeness (QED) is 0.772. The number of carbonyl (C=O) groups is 1. The molecular formula is C15H31N3O. The van der Waals surface area contributed by atoms with Crippen LogP contribution in [0.4, 0.5) is 0 Å². The molecule has 0 saturated carbocycles. The van der Waals surface area contributed by atoms with E-state index in [-0.39, 0.29) is 5.91 Å². The lowest BCUT2D eigenvalue weighted by Gasteiger charge is -2.36. The predicted octanol–water partition coefficient (Wildman–Crippen LogP) is 1.74. The minimum atomic E-state index is -0.721. The van der Waals surface area contributed by atoms with E-state index < -0.39 is 5.54 Å². The second kappa shape index (κ2) is 7.25. The highest BCUT2D eigenvalue weighted by Crippen LogP contribution is 2.18. The first-order chi connectivity index (χ1) is 8.86. The van der Waals surface area contributed by atoms with Crippen LogP contribution in [0.25, 0.3) is 0 Å². The molecule has 2 atom stereocenters.